The number of benzene rings is 1. The fourth-order valence-electron chi connectivity index (χ4n) is 3.18. The Morgan fingerprint density at radius 2 is 1.81 bits per heavy atom. The van der Waals surface area contributed by atoms with Crippen molar-refractivity contribution < 1.29 is 22.3 Å². The number of pyridine rings is 1. The van der Waals surface area contributed by atoms with Gasteiger partial charge in [-0.05, 0) is 42.2 Å². The van der Waals surface area contributed by atoms with E-state index in [4.69, 9.17) is 10.5 Å². The van der Waals surface area contributed by atoms with Crippen molar-refractivity contribution in [3.05, 3.63) is 59.7 Å². The predicted molar refractivity (Wildman–Crippen MR) is 91.5 cm³/mol. The van der Waals surface area contributed by atoms with E-state index in [0.29, 0.717) is 11.3 Å². The number of hydrogen-bond acceptors (Lipinski definition) is 3. The smallest absolute Gasteiger partial charge is 0.406 e. The van der Waals surface area contributed by atoms with Gasteiger partial charge in [0.05, 0.1) is 7.11 Å². The summed E-state index contributed by atoms with van der Waals surface area (Å²) in [4.78, 5) is 3.96. The summed E-state index contributed by atoms with van der Waals surface area (Å²) in [7, 11) is 1.39. The van der Waals surface area contributed by atoms with Gasteiger partial charge >= 0.3 is 6.18 Å². The van der Waals surface area contributed by atoms with Crippen molar-refractivity contribution in [3.8, 4) is 5.75 Å². The molecule has 0 spiro atoms. The van der Waals surface area contributed by atoms with E-state index in [1.54, 1.807) is 26.0 Å². The molecule has 0 aliphatic carbocycles. The highest BCUT2D eigenvalue weighted by atomic mass is 19.4. The molecule has 2 aromatic rings. The quantitative estimate of drug-likeness (QED) is 0.767. The molecule has 2 N–H and O–H groups in total. The standard InChI is InChI=1S/C19H22F4N2O/c1-17(2,15-10-13(20)7-8-16(15)26-3)12-18(24,19(21,22)23)11-14-6-4-5-9-25-14/h4-10H,11-12,24H2,1-3H3. The van der Waals surface area contributed by atoms with E-state index < -0.39 is 35.8 Å². The van der Waals surface area contributed by atoms with E-state index in [-0.39, 0.29) is 5.69 Å². The molecule has 0 aliphatic heterocycles. The van der Waals surface area contributed by atoms with Crippen molar-refractivity contribution >= 4 is 0 Å². The second-order valence-corrected chi connectivity index (χ2v) is 7.06. The second-order valence-electron chi connectivity index (χ2n) is 7.06. The Bertz CT molecular complexity index is 747. The molecule has 2 rings (SSSR count). The van der Waals surface area contributed by atoms with E-state index in [0.717, 1.165) is 0 Å². The highest BCUT2D eigenvalue weighted by molar-refractivity contribution is 5.40. The van der Waals surface area contributed by atoms with Gasteiger partial charge in [0.2, 0.25) is 0 Å². The number of nitrogens with zero attached hydrogens (tertiary/aromatic N) is 1. The summed E-state index contributed by atoms with van der Waals surface area (Å²) in [5, 5.41) is 0. The molecule has 142 valence electrons. The molecular formula is C19H22F4N2O. The van der Waals surface area contributed by atoms with Gasteiger partial charge in [-0.25, -0.2) is 4.39 Å². The topological polar surface area (TPSA) is 48.1 Å². The SMILES string of the molecule is COc1ccc(F)cc1C(C)(C)CC(N)(Cc1ccccn1)C(F)(F)F. The Morgan fingerprint density at radius 3 is 2.35 bits per heavy atom. The van der Waals surface area contributed by atoms with E-state index in [1.165, 1.54) is 37.6 Å². The minimum absolute atomic E-state index is 0.245. The fourth-order valence-corrected chi connectivity index (χ4v) is 3.18. The van der Waals surface area contributed by atoms with Gasteiger partial charge in [0.15, 0.2) is 0 Å². The highest BCUT2D eigenvalue weighted by Crippen LogP contribution is 2.43. The van der Waals surface area contributed by atoms with Crippen LogP contribution in [0.4, 0.5) is 17.6 Å². The molecule has 1 atom stereocenters. The minimum atomic E-state index is -4.66. The number of halogens is 4. The van der Waals surface area contributed by atoms with Crippen molar-refractivity contribution in [1.29, 1.82) is 0 Å². The van der Waals surface area contributed by atoms with Crippen molar-refractivity contribution in [2.75, 3.05) is 7.11 Å². The van der Waals surface area contributed by atoms with Crippen LogP contribution >= 0.6 is 0 Å². The molecule has 0 amide bonds. The van der Waals surface area contributed by atoms with Crippen LogP contribution in [0.15, 0.2) is 42.6 Å². The third-order valence-corrected chi connectivity index (χ3v) is 4.44. The van der Waals surface area contributed by atoms with E-state index in [1.807, 2.05) is 0 Å². The first-order valence-electron chi connectivity index (χ1n) is 8.08. The van der Waals surface area contributed by atoms with Crippen LogP contribution in [0.5, 0.6) is 5.75 Å². The Hall–Kier alpha value is -2.15. The first kappa shape index (κ1) is 20.2. The molecule has 0 saturated heterocycles. The molecule has 26 heavy (non-hydrogen) atoms. The fraction of sp³-hybridized carbons (Fsp3) is 0.421. The van der Waals surface area contributed by atoms with Gasteiger partial charge in [0.1, 0.15) is 17.1 Å². The van der Waals surface area contributed by atoms with Crippen LogP contribution in [-0.2, 0) is 11.8 Å². The van der Waals surface area contributed by atoms with Crippen LogP contribution in [0.3, 0.4) is 0 Å². The summed E-state index contributed by atoms with van der Waals surface area (Å²) in [5.74, 6) is -0.230. The monoisotopic (exact) mass is 370 g/mol. The molecule has 1 unspecified atom stereocenters. The van der Waals surface area contributed by atoms with Crippen LogP contribution < -0.4 is 10.5 Å². The van der Waals surface area contributed by atoms with Crippen molar-refractivity contribution in [1.82, 2.24) is 4.98 Å². The maximum atomic E-state index is 13.8. The molecular weight excluding hydrogens is 348 g/mol. The van der Waals surface area contributed by atoms with Gasteiger partial charge in [0, 0.05) is 23.9 Å². The summed E-state index contributed by atoms with van der Waals surface area (Å²) >= 11 is 0. The lowest BCUT2D eigenvalue weighted by atomic mass is 9.72. The molecule has 0 fully saturated rings. The maximum absolute atomic E-state index is 13.8. The summed E-state index contributed by atoms with van der Waals surface area (Å²) in [6.07, 6.45) is -4.17. The first-order valence-corrected chi connectivity index (χ1v) is 8.08. The summed E-state index contributed by atoms with van der Waals surface area (Å²) in [6, 6.07) is 8.53. The number of nitrogens with two attached hydrogens (primary N) is 1. The van der Waals surface area contributed by atoms with E-state index in [2.05, 4.69) is 4.98 Å². The van der Waals surface area contributed by atoms with Gasteiger partial charge in [-0.3, -0.25) is 4.98 Å². The van der Waals surface area contributed by atoms with Crippen LogP contribution in [0.2, 0.25) is 0 Å². The number of ether oxygens (including phenoxy) is 1. The van der Waals surface area contributed by atoms with Crippen LogP contribution in [-0.4, -0.2) is 23.8 Å². The lowest BCUT2D eigenvalue weighted by Crippen LogP contribution is -2.58. The lowest BCUT2D eigenvalue weighted by Gasteiger charge is -2.39. The minimum Gasteiger partial charge on any atom is -0.496 e. The van der Waals surface area contributed by atoms with Crippen LogP contribution in [0.25, 0.3) is 0 Å². The second kappa shape index (κ2) is 7.23. The molecule has 3 nitrogen and oxygen atoms in total. The van der Waals surface area contributed by atoms with Gasteiger partial charge in [0.25, 0.3) is 0 Å². The Kier molecular flexibility index (Phi) is 5.61. The van der Waals surface area contributed by atoms with Crippen molar-refractivity contribution in [3.63, 3.8) is 0 Å². The molecule has 0 bridgehead atoms. The zero-order valence-corrected chi connectivity index (χ0v) is 14.9. The largest absolute Gasteiger partial charge is 0.496 e. The summed E-state index contributed by atoms with van der Waals surface area (Å²) in [6.45, 7) is 3.19. The molecule has 0 aliphatic rings. The van der Waals surface area contributed by atoms with Gasteiger partial charge in [-0.15, -0.1) is 0 Å². The summed E-state index contributed by atoms with van der Waals surface area (Å²) < 4.78 is 60.4. The number of alkyl halides is 3. The molecule has 0 saturated carbocycles. The number of aromatic nitrogens is 1. The van der Waals surface area contributed by atoms with Crippen LogP contribution in [0, 0.1) is 5.82 Å². The number of rotatable bonds is 6. The molecule has 1 heterocycles. The van der Waals surface area contributed by atoms with Gasteiger partial charge < -0.3 is 10.5 Å². The predicted octanol–water partition coefficient (Wildman–Crippen LogP) is 4.40. The van der Waals surface area contributed by atoms with E-state index >= 15 is 0 Å². The average molecular weight is 370 g/mol. The third-order valence-electron chi connectivity index (χ3n) is 4.44. The highest BCUT2D eigenvalue weighted by Gasteiger charge is 2.54. The zero-order valence-electron chi connectivity index (χ0n) is 14.9. The van der Waals surface area contributed by atoms with E-state index in [9.17, 15) is 17.6 Å². The Labute approximate surface area is 150 Å². The normalized spacial score (nSPS) is 14.8. The zero-order chi connectivity index (χ0) is 19.6. The Morgan fingerprint density at radius 1 is 1.12 bits per heavy atom. The van der Waals surface area contributed by atoms with Crippen molar-refractivity contribution in [2.45, 2.75) is 43.8 Å². The first-order chi connectivity index (χ1) is 12.0. The summed E-state index contributed by atoms with van der Waals surface area (Å²) in [5.41, 5.74) is 2.82. The molecule has 1 aromatic heterocycles. The lowest BCUT2D eigenvalue weighted by molar-refractivity contribution is -0.191. The average Bonchev–Trinajstić information content (AvgIpc) is 2.54. The van der Waals surface area contributed by atoms with Crippen LogP contribution in [0.1, 0.15) is 31.5 Å². The maximum Gasteiger partial charge on any atom is 0.406 e. The Balaban J connectivity index is 2.43. The molecule has 1 aromatic carbocycles. The number of hydrogen-bond donors (Lipinski definition) is 1. The molecule has 7 heteroatoms. The number of methoxy groups -OCH3 is 1. The van der Waals surface area contributed by atoms with Gasteiger partial charge in [-0.2, -0.15) is 13.2 Å². The molecule has 0 radical (unpaired) electrons. The van der Waals surface area contributed by atoms with Crippen molar-refractivity contribution in [2.24, 2.45) is 5.73 Å². The third kappa shape index (κ3) is 4.33. The van der Waals surface area contributed by atoms with Gasteiger partial charge in [-0.1, -0.05) is 19.9 Å².